The van der Waals surface area contributed by atoms with Gasteiger partial charge in [0.1, 0.15) is 0 Å². The van der Waals surface area contributed by atoms with Gasteiger partial charge in [0.2, 0.25) is 0 Å². The Morgan fingerprint density at radius 2 is 2.44 bits per heavy atom. The summed E-state index contributed by atoms with van der Waals surface area (Å²) in [6.45, 7) is 2.92. The van der Waals surface area contributed by atoms with Crippen LogP contribution < -0.4 is 5.32 Å². The number of rotatable bonds is 5. The highest BCUT2D eigenvalue weighted by atomic mass is 32.1. The molecule has 0 aliphatic carbocycles. The summed E-state index contributed by atoms with van der Waals surface area (Å²) in [5, 5.41) is 16.0. The number of nitrogens with one attached hydrogen (secondary N) is 1. The van der Waals surface area contributed by atoms with Crippen LogP contribution >= 0.6 is 11.3 Å². The summed E-state index contributed by atoms with van der Waals surface area (Å²) >= 11 is 1.22. The molecule has 18 heavy (non-hydrogen) atoms. The molecule has 1 unspecified atom stereocenters. The van der Waals surface area contributed by atoms with Crippen molar-refractivity contribution in [3.8, 4) is 0 Å². The van der Waals surface area contributed by atoms with E-state index in [0.29, 0.717) is 6.04 Å². The molecule has 1 saturated heterocycles. The van der Waals surface area contributed by atoms with Gasteiger partial charge >= 0.3 is 5.00 Å². The molecule has 0 saturated carbocycles. The van der Waals surface area contributed by atoms with Crippen LogP contribution in [0, 0.1) is 10.1 Å². The van der Waals surface area contributed by atoms with E-state index in [4.69, 9.17) is 0 Å². The Labute approximate surface area is 111 Å². The third kappa shape index (κ3) is 3.28. The molecule has 2 rings (SSSR count). The molecule has 5 nitrogen and oxygen atoms in total. The van der Waals surface area contributed by atoms with E-state index in [0.717, 1.165) is 25.2 Å². The predicted molar refractivity (Wildman–Crippen MR) is 72.9 cm³/mol. The average molecular weight is 269 g/mol. The average Bonchev–Trinajstić information content (AvgIpc) is 2.81. The van der Waals surface area contributed by atoms with E-state index in [9.17, 15) is 10.1 Å². The summed E-state index contributed by atoms with van der Waals surface area (Å²) in [7, 11) is 1.97. The van der Waals surface area contributed by atoms with Gasteiger partial charge in [0.05, 0.1) is 4.92 Å². The van der Waals surface area contributed by atoms with E-state index >= 15 is 0 Å². The van der Waals surface area contributed by atoms with E-state index < -0.39 is 0 Å². The molecule has 0 bridgehead atoms. The Hall–Kier alpha value is -0.980. The zero-order chi connectivity index (χ0) is 13.0. The van der Waals surface area contributed by atoms with E-state index in [1.54, 1.807) is 6.07 Å². The third-order valence-electron chi connectivity index (χ3n) is 3.39. The van der Waals surface area contributed by atoms with E-state index in [1.165, 1.54) is 30.6 Å². The van der Waals surface area contributed by atoms with Crippen molar-refractivity contribution >= 4 is 16.3 Å². The lowest BCUT2D eigenvalue weighted by molar-refractivity contribution is -0.380. The first-order chi connectivity index (χ1) is 8.70. The highest BCUT2D eigenvalue weighted by molar-refractivity contribution is 7.13. The highest BCUT2D eigenvalue weighted by Gasteiger charge is 2.22. The SMILES string of the molecule is CNCC1CCCCN1Cc1csc([N+](=O)[O-])c1. The fourth-order valence-corrected chi connectivity index (χ4v) is 3.23. The summed E-state index contributed by atoms with van der Waals surface area (Å²) < 4.78 is 0. The van der Waals surface area contributed by atoms with Crippen LogP contribution in [0.4, 0.5) is 5.00 Å². The van der Waals surface area contributed by atoms with Crippen molar-refractivity contribution in [2.75, 3.05) is 20.1 Å². The normalized spacial score (nSPS) is 21.1. The van der Waals surface area contributed by atoms with Gasteiger partial charge in [-0.1, -0.05) is 17.8 Å². The number of likely N-dealkylation sites (N-methyl/N-ethyl adjacent to an activating group) is 1. The number of hydrogen-bond donors (Lipinski definition) is 1. The fourth-order valence-electron chi connectivity index (χ4n) is 2.51. The summed E-state index contributed by atoms with van der Waals surface area (Å²) in [4.78, 5) is 12.8. The van der Waals surface area contributed by atoms with Crippen molar-refractivity contribution in [2.45, 2.75) is 31.8 Å². The maximum Gasteiger partial charge on any atom is 0.324 e. The minimum Gasteiger partial charge on any atom is -0.318 e. The second kappa shape index (κ2) is 6.26. The molecule has 0 aromatic carbocycles. The Kier molecular flexibility index (Phi) is 4.68. The summed E-state index contributed by atoms with van der Waals surface area (Å²) in [5.41, 5.74) is 1.06. The molecule has 0 amide bonds. The van der Waals surface area contributed by atoms with Crippen LogP contribution in [0.25, 0.3) is 0 Å². The van der Waals surface area contributed by atoms with Gasteiger partial charge in [0.15, 0.2) is 0 Å². The van der Waals surface area contributed by atoms with Crippen LogP contribution in [0.15, 0.2) is 11.4 Å². The lowest BCUT2D eigenvalue weighted by Crippen LogP contribution is -2.44. The Morgan fingerprint density at radius 3 is 3.11 bits per heavy atom. The number of likely N-dealkylation sites (tertiary alicyclic amines) is 1. The first-order valence-corrected chi connectivity index (χ1v) is 7.19. The number of nitro groups is 1. The molecule has 1 fully saturated rings. The van der Waals surface area contributed by atoms with Crippen LogP contribution in [0.2, 0.25) is 0 Å². The molecule has 1 aliphatic heterocycles. The van der Waals surface area contributed by atoms with Crippen molar-refractivity contribution < 1.29 is 4.92 Å². The monoisotopic (exact) mass is 269 g/mol. The molecule has 1 N–H and O–H groups in total. The van der Waals surface area contributed by atoms with Crippen LogP contribution in [-0.4, -0.2) is 36.0 Å². The number of nitrogens with zero attached hydrogens (tertiary/aromatic N) is 2. The molecule has 0 spiro atoms. The van der Waals surface area contributed by atoms with Gasteiger partial charge in [-0.25, -0.2) is 0 Å². The van der Waals surface area contributed by atoms with Crippen LogP contribution in [-0.2, 0) is 6.54 Å². The number of thiophene rings is 1. The van der Waals surface area contributed by atoms with E-state index in [2.05, 4.69) is 10.2 Å². The lowest BCUT2D eigenvalue weighted by atomic mass is 10.0. The van der Waals surface area contributed by atoms with Gasteiger partial charge in [0.25, 0.3) is 0 Å². The molecular weight excluding hydrogens is 250 g/mol. The maximum atomic E-state index is 10.7. The van der Waals surface area contributed by atoms with Crippen LogP contribution in [0.3, 0.4) is 0 Å². The molecule has 1 atom stereocenters. The minimum absolute atomic E-state index is 0.243. The summed E-state index contributed by atoms with van der Waals surface area (Å²) in [6, 6.07) is 2.26. The van der Waals surface area contributed by atoms with Crippen molar-refractivity contribution in [2.24, 2.45) is 0 Å². The fraction of sp³-hybridized carbons (Fsp3) is 0.667. The molecule has 6 heteroatoms. The zero-order valence-corrected chi connectivity index (χ0v) is 11.4. The third-order valence-corrected chi connectivity index (χ3v) is 4.32. The van der Waals surface area contributed by atoms with Crippen molar-refractivity contribution in [1.82, 2.24) is 10.2 Å². The minimum atomic E-state index is -0.310. The van der Waals surface area contributed by atoms with Gasteiger partial charge in [-0.3, -0.25) is 15.0 Å². The van der Waals surface area contributed by atoms with E-state index in [-0.39, 0.29) is 9.92 Å². The summed E-state index contributed by atoms with van der Waals surface area (Å²) in [5.74, 6) is 0. The smallest absolute Gasteiger partial charge is 0.318 e. The standard InChI is InChI=1S/C12H19N3O2S/c1-13-7-11-4-2-3-5-14(11)8-10-6-12(15(16)17)18-9-10/h6,9,11,13H,2-5,7-8H2,1H3. The second-order valence-electron chi connectivity index (χ2n) is 4.73. The summed E-state index contributed by atoms with van der Waals surface area (Å²) in [6.07, 6.45) is 3.73. The highest BCUT2D eigenvalue weighted by Crippen LogP contribution is 2.26. The molecule has 1 aromatic heterocycles. The number of hydrogen-bond acceptors (Lipinski definition) is 5. The molecule has 100 valence electrons. The Balaban J connectivity index is 1.99. The van der Waals surface area contributed by atoms with Gasteiger partial charge in [-0.2, -0.15) is 0 Å². The molecule has 1 aromatic rings. The van der Waals surface area contributed by atoms with Crippen molar-refractivity contribution in [1.29, 1.82) is 0 Å². The number of piperidine rings is 1. The Bertz CT molecular complexity index is 406. The van der Waals surface area contributed by atoms with Gasteiger partial charge in [0, 0.05) is 30.6 Å². The molecule has 2 heterocycles. The van der Waals surface area contributed by atoms with Gasteiger partial charge < -0.3 is 5.32 Å². The molecular formula is C12H19N3O2S. The second-order valence-corrected chi connectivity index (χ2v) is 5.62. The first kappa shape index (κ1) is 13.5. The zero-order valence-electron chi connectivity index (χ0n) is 10.6. The molecule has 0 radical (unpaired) electrons. The van der Waals surface area contributed by atoms with Gasteiger partial charge in [-0.15, -0.1) is 0 Å². The molecule has 1 aliphatic rings. The first-order valence-electron chi connectivity index (χ1n) is 6.31. The van der Waals surface area contributed by atoms with Crippen LogP contribution in [0.5, 0.6) is 0 Å². The van der Waals surface area contributed by atoms with Crippen molar-refractivity contribution in [3.05, 3.63) is 27.1 Å². The van der Waals surface area contributed by atoms with Crippen LogP contribution in [0.1, 0.15) is 24.8 Å². The van der Waals surface area contributed by atoms with E-state index in [1.807, 2.05) is 12.4 Å². The predicted octanol–water partition coefficient (Wildman–Crippen LogP) is 2.23. The maximum absolute atomic E-state index is 10.7. The van der Waals surface area contributed by atoms with Gasteiger partial charge in [-0.05, 0) is 32.0 Å². The quantitative estimate of drug-likeness (QED) is 0.658. The topological polar surface area (TPSA) is 58.4 Å². The Morgan fingerprint density at radius 1 is 1.61 bits per heavy atom. The largest absolute Gasteiger partial charge is 0.324 e. The van der Waals surface area contributed by atoms with Crippen molar-refractivity contribution in [3.63, 3.8) is 0 Å². The lowest BCUT2D eigenvalue weighted by Gasteiger charge is -2.35.